The number of carbonyl (C=O) groups is 1. The summed E-state index contributed by atoms with van der Waals surface area (Å²) in [6, 6.07) is 4.97. The number of amides is 1. The lowest BCUT2D eigenvalue weighted by molar-refractivity contribution is -0.119. The van der Waals surface area contributed by atoms with Gasteiger partial charge in [-0.15, -0.1) is 0 Å². The zero-order chi connectivity index (χ0) is 10.8. The first kappa shape index (κ1) is 10.1. The topological polar surface area (TPSA) is 55.1 Å². The Kier molecular flexibility index (Phi) is 2.68. The summed E-state index contributed by atoms with van der Waals surface area (Å²) in [6.45, 7) is 0.858. The number of rotatable bonds is 2. The number of nitrogens with one attached hydrogen (secondary N) is 1. The van der Waals surface area contributed by atoms with Gasteiger partial charge in [0.2, 0.25) is 5.91 Å². The molecule has 1 aliphatic rings. The van der Waals surface area contributed by atoms with Gasteiger partial charge in [0.25, 0.3) is 0 Å². The Bertz CT molecular complexity index is 392. The SMILES string of the molecule is NCc1ccc(C2CNC(=O)C2)c(F)c1. The van der Waals surface area contributed by atoms with Gasteiger partial charge in [0.05, 0.1) is 0 Å². The first-order chi connectivity index (χ1) is 7.20. The molecule has 0 aliphatic carbocycles. The van der Waals surface area contributed by atoms with Crippen LogP contribution in [0.5, 0.6) is 0 Å². The Labute approximate surface area is 87.5 Å². The average molecular weight is 208 g/mol. The monoisotopic (exact) mass is 208 g/mol. The predicted molar refractivity (Wildman–Crippen MR) is 54.7 cm³/mol. The van der Waals surface area contributed by atoms with Crippen LogP contribution >= 0.6 is 0 Å². The van der Waals surface area contributed by atoms with E-state index < -0.39 is 0 Å². The van der Waals surface area contributed by atoms with Crippen molar-refractivity contribution in [1.82, 2.24) is 5.32 Å². The molecular weight excluding hydrogens is 195 g/mol. The van der Waals surface area contributed by atoms with E-state index in [2.05, 4.69) is 5.32 Å². The van der Waals surface area contributed by atoms with Crippen LogP contribution in [0.2, 0.25) is 0 Å². The molecule has 1 amide bonds. The highest BCUT2D eigenvalue weighted by molar-refractivity contribution is 5.79. The van der Waals surface area contributed by atoms with E-state index in [0.29, 0.717) is 25.1 Å². The summed E-state index contributed by atoms with van der Waals surface area (Å²) < 4.78 is 13.6. The molecule has 0 radical (unpaired) electrons. The molecule has 1 atom stereocenters. The van der Waals surface area contributed by atoms with Gasteiger partial charge >= 0.3 is 0 Å². The van der Waals surface area contributed by atoms with Crippen LogP contribution in [0.25, 0.3) is 0 Å². The molecule has 1 aliphatic heterocycles. The average Bonchev–Trinajstić information content (AvgIpc) is 2.64. The van der Waals surface area contributed by atoms with Crippen molar-refractivity contribution in [2.75, 3.05) is 6.54 Å². The summed E-state index contributed by atoms with van der Waals surface area (Å²) in [4.78, 5) is 11.0. The quantitative estimate of drug-likeness (QED) is 0.758. The van der Waals surface area contributed by atoms with Crippen molar-refractivity contribution >= 4 is 5.91 Å². The lowest BCUT2D eigenvalue weighted by atomic mass is 9.96. The van der Waals surface area contributed by atoms with E-state index in [1.807, 2.05) is 0 Å². The molecule has 1 aromatic carbocycles. The molecule has 1 heterocycles. The molecule has 4 heteroatoms. The Morgan fingerprint density at radius 3 is 2.87 bits per heavy atom. The van der Waals surface area contributed by atoms with Gasteiger partial charge in [-0.2, -0.15) is 0 Å². The molecule has 1 aromatic rings. The smallest absolute Gasteiger partial charge is 0.220 e. The Morgan fingerprint density at radius 2 is 2.33 bits per heavy atom. The fourth-order valence-corrected chi connectivity index (χ4v) is 1.85. The van der Waals surface area contributed by atoms with Crippen LogP contribution < -0.4 is 11.1 Å². The van der Waals surface area contributed by atoms with Crippen molar-refractivity contribution in [3.8, 4) is 0 Å². The van der Waals surface area contributed by atoms with Gasteiger partial charge in [-0.25, -0.2) is 4.39 Å². The molecule has 3 N–H and O–H groups in total. The molecule has 1 fully saturated rings. The van der Waals surface area contributed by atoms with E-state index in [-0.39, 0.29) is 17.6 Å². The van der Waals surface area contributed by atoms with Gasteiger partial charge < -0.3 is 11.1 Å². The molecule has 15 heavy (non-hydrogen) atoms. The largest absolute Gasteiger partial charge is 0.355 e. The molecule has 3 nitrogen and oxygen atoms in total. The van der Waals surface area contributed by atoms with E-state index in [1.165, 1.54) is 6.07 Å². The zero-order valence-corrected chi connectivity index (χ0v) is 8.29. The number of hydrogen-bond donors (Lipinski definition) is 2. The zero-order valence-electron chi connectivity index (χ0n) is 8.29. The molecule has 0 saturated carbocycles. The number of benzene rings is 1. The van der Waals surface area contributed by atoms with Crippen molar-refractivity contribution in [2.24, 2.45) is 5.73 Å². The summed E-state index contributed by atoms with van der Waals surface area (Å²) >= 11 is 0. The Hall–Kier alpha value is -1.42. The standard InChI is InChI=1S/C11H13FN2O/c12-10-3-7(5-13)1-2-9(10)8-4-11(15)14-6-8/h1-3,8H,4-6,13H2,(H,14,15). The van der Waals surface area contributed by atoms with Crippen LogP contribution in [0, 0.1) is 5.82 Å². The maximum atomic E-state index is 13.6. The predicted octanol–water partition coefficient (Wildman–Crippen LogP) is 0.888. The maximum Gasteiger partial charge on any atom is 0.220 e. The second kappa shape index (κ2) is 3.98. The van der Waals surface area contributed by atoms with Crippen LogP contribution in [0.4, 0.5) is 4.39 Å². The molecular formula is C11H13FN2O. The first-order valence-electron chi connectivity index (χ1n) is 4.96. The molecule has 0 aromatic heterocycles. The lowest BCUT2D eigenvalue weighted by Gasteiger charge is -2.09. The van der Waals surface area contributed by atoms with Gasteiger partial charge in [0.1, 0.15) is 5.82 Å². The van der Waals surface area contributed by atoms with Crippen molar-refractivity contribution in [2.45, 2.75) is 18.9 Å². The van der Waals surface area contributed by atoms with Crippen LogP contribution in [0.1, 0.15) is 23.5 Å². The first-order valence-corrected chi connectivity index (χ1v) is 4.96. The van der Waals surface area contributed by atoms with Gasteiger partial charge in [-0.1, -0.05) is 12.1 Å². The second-order valence-corrected chi connectivity index (χ2v) is 3.77. The van der Waals surface area contributed by atoms with E-state index >= 15 is 0 Å². The fourth-order valence-electron chi connectivity index (χ4n) is 1.85. The van der Waals surface area contributed by atoms with Gasteiger partial charge in [0.15, 0.2) is 0 Å². The summed E-state index contributed by atoms with van der Waals surface area (Å²) in [5, 5.41) is 2.69. The summed E-state index contributed by atoms with van der Waals surface area (Å²) in [5.74, 6) is -0.314. The minimum Gasteiger partial charge on any atom is -0.355 e. The molecule has 0 spiro atoms. The normalized spacial score (nSPS) is 20.4. The lowest BCUT2D eigenvalue weighted by Crippen LogP contribution is -2.13. The summed E-state index contributed by atoms with van der Waals surface area (Å²) in [5.41, 5.74) is 6.79. The molecule has 80 valence electrons. The van der Waals surface area contributed by atoms with Crippen LogP contribution in [0.15, 0.2) is 18.2 Å². The van der Waals surface area contributed by atoms with Crippen molar-refractivity contribution in [1.29, 1.82) is 0 Å². The van der Waals surface area contributed by atoms with E-state index in [9.17, 15) is 9.18 Å². The van der Waals surface area contributed by atoms with Crippen LogP contribution in [-0.2, 0) is 11.3 Å². The highest BCUT2D eigenvalue weighted by Crippen LogP contribution is 2.25. The third kappa shape index (κ3) is 1.99. The number of hydrogen-bond acceptors (Lipinski definition) is 2. The number of carbonyl (C=O) groups excluding carboxylic acids is 1. The van der Waals surface area contributed by atoms with Crippen molar-refractivity contribution < 1.29 is 9.18 Å². The minimum atomic E-state index is -0.264. The second-order valence-electron chi connectivity index (χ2n) is 3.77. The van der Waals surface area contributed by atoms with Gasteiger partial charge in [-0.05, 0) is 17.2 Å². The van der Waals surface area contributed by atoms with Crippen LogP contribution in [0.3, 0.4) is 0 Å². The van der Waals surface area contributed by atoms with Gasteiger partial charge in [-0.3, -0.25) is 4.79 Å². The highest BCUT2D eigenvalue weighted by Gasteiger charge is 2.25. The summed E-state index contributed by atoms with van der Waals surface area (Å²) in [7, 11) is 0. The molecule has 1 unspecified atom stereocenters. The number of halogens is 1. The minimum absolute atomic E-state index is 0.0118. The molecule has 0 bridgehead atoms. The fraction of sp³-hybridized carbons (Fsp3) is 0.364. The highest BCUT2D eigenvalue weighted by atomic mass is 19.1. The molecule has 1 saturated heterocycles. The van der Waals surface area contributed by atoms with Crippen molar-refractivity contribution in [3.63, 3.8) is 0 Å². The Balaban J connectivity index is 2.25. The van der Waals surface area contributed by atoms with E-state index in [4.69, 9.17) is 5.73 Å². The number of nitrogens with two attached hydrogens (primary N) is 1. The Morgan fingerprint density at radius 1 is 1.53 bits per heavy atom. The molecule has 2 rings (SSSR count). The summed E-state index contributed by atoms with van der Waals surface area (Å²) in [6.07, 6.45) is 0.374. The van der Waals surface area contributed by atoms with Crippen molar-refractivity contribution in [3.05, 3.63) is 35.1 Å². The third-order valence-electron chi connectivity index (χ3n) is 2.72. The van der Waals surface area contributed by atoms with Crippen LogP contribution in [-0.4, -0.2) is 12.5 Å². The van der Waals surface area contributed by atoms with E-state index in [0.717, 1.165) is 5.56 Å². The maximum absolute atomic E-state index is 13.6. The van der Waals surface area contributed by atoms with E-state index in [1.54, 1.807) is 12.1 Å². The van der Waals surface area contributed by atoms with Gasteiger partial charge in [0, 0.05) is 25.4 Å². The third-order valence-corrected chi connectivity index (χ3v) is 2.72.